The summed E-state index contributed by atoms with van der Waals surface area (Å²) in [5.41, 5.74) is 1.09. The second-order valence-corrected chi connectivity index (χ2v) is 3.85. The first-order chi connectivity index (χ1) is 7.27. The van der Waals surface area contributed by atoms with Crippen LogP contribution in [0.2, 0.25) is 0 Å². The standard InChI is InChI=1S/C11H10N2O2/c14-11(15)10-8-3-1-2-4-9(8)12-13(10)7-5-6-7/h1-4,7H,5-6H2,(H,14,15). The Hall–Kier alpha value is -1.84. The first-order valence-corrected chi connectivity index (χ1v) is 4.98. The molecule has 0 saturated heterocycles. The van der Waals surface area contributed by atoms with Crippen LogP contribution in [0.15, 0.2) is 24.3 Å². The Balaban J connectivity index is 2.33. The lowest BCUT2D eigenvalue weighted by molar-refractivity contribution is 0.0685. The van der Waals surface area contributed by atoms with Crippen LogP contribution in [0.1, 0.15) is 29.4 Å². The summed E-state index contributed by atoms with van der Waals surface area (Å²) in [6.45, 7) is 0. The van der Waals surface area contributed by atoms with Crippen molar-refractivity contribution in [3.05, 3.63) is 30.0 Å². The Morgan fingerprint density at radius 1 is 1.40 bits per heavy atom. The van der Waals surface area contributed by atoms with Crippen molar-refractivity contribution in [3.8, 4) is 0 Å². The summed E-state index contributed by atoms with van der Waals surface area (Å²) >= 11 is 0. The van der Waals surface area contributed by atoms with Crippen molar-refractivity contribution < 1.29 is 9.90 Å². The number of carboxylic acids is 1. The van der Waals surface area contributed by atoms with Crippen LogP contribution >= 0.6 is 0 Å². The molecule has 0 atom stereocenters. The minimum absolute atomic E-state index is 0.295. The van der Waals surface area contributed by atoms with E-state index in [1.165, 1.54) is 0 Å². The molecule has 1 aliphatic rings. The molecule has 1 fully saturated rings. The van der Waals surface area contributed by atoms with E-state index in [9.17, 15) is 4.79 Å². The molecule has 4 heteroatoms. The van der Waals surface area contributed by atoms with E-state index in [0.717, 1.165) is 23.7 Å². The second-order valence-electron chi connectivity index (χ2n) is 3.85. The fourth-order valence-electron chi connectivity index (χ4n) is 1.85. The number of nitrogens with zero attached hydrogens (tertiary/aromatic N) is 2. The van der Waals surface area contributed by atoms with Gasteiger partial charge in [-0.1, -0.05) is 18.2 Å². The fraction of sp³-hybridized carbons (Fsp3) is 0.273. The molecule has 3 rings (SSSR count). The normalized spacial score (nSPS) is 15.7. The molecular formula is C11H10N2O2. The largest absolute Gasteiger partial charge is 0.477 e. The summed E-state index contributed by atoms with van der Waals surface area (Å²) in [6, 6.07) is 7.67. The lowest BCUT2D eigenvalue weighted by Crippen LogP contribution is -2.08. The number of fused-ring (bicyclic) bond motifs is 1. The van der Waals surface area contributed by atoms with Crippen molar-refractivity contribution in [1.29, 1.82) is 0 Å². The monoisotopic (exact) mass is 202 g/mol. The number of hydrogen-bond acceptors (Lipinski definition) is 2. The molecule has 15 heavy (non-hydrogen) atoms. The molecule has 0 amide bonds. The van der Waals surface area contributed by atoms with Gasteiger partial charge in [-0.3, -0.25) is 4.68 Å². The lowest BCUT2D eigenvalue weighted by Gasteiger charge is -2.00. The SMILES string of the molecule is O=C(O)c1c2ccccc2nn1C1CC1. The minimum atomic E-state index is -0.893. The van der Waals surface area contributed by atoms with Crippen LogP contribution in [0.4, 0.5) is 0 Å². The molecule has 0 radical (unpaired) electrons. The predicted molar refractivity (Wildman–Crippen MR) is 55.0 cm³/mol. The zero-order valence-corrected chi connectivity index (χ0v) is 8.05. The van der Waals surface area contributed by atoms with Crippen LogP contribution in [0.3, 0.4) is 0 Å². The smallest absolute Gasteiger partial charge is 0.354 e. The summed E-state index contributed by atoms with van der Waals surface area (Å²) in [5, 5.41) is 14.2. The Morgan fingerprint density at radius 2 is 2.13 bits per heavy atom. The maximum atomic E-state index is 11.2. The van der Waals surface area contributed by atoms with E-state index in [0.29, 0.717) is 11.7 Å². The third kappa shape index (κ3) is 1.21. The molecule has 1 saturated carbocycles. The molecule has 1 aromatic carbocycles. The summed E-state index contributed by atoms with van der Waals surface area (Å²) < 4.78 is 1.66. The summed E-state index contributed by atoms with van der Waals surface area (Å²) in [4.78, 5) is 11.2. The van der Waals surface area contributed by atoms with Gasteiger partial charge in [-0.05, 0) is 18.9 Å². The molecule has 1 aliphatic carbocycles. The van der Waals surface area contributed by atoms with Gasteiger partial charge >= 0.3 is 5.97 Å². The van der Waals surface area contributed by atoms with Crippen molar-refractivity contribution in [3.63, 3.8) is 0 Å². The quantitative estimate of drug-likeness (QED) is 0.811. The van der Waals surface area contributed by atoms with Crippen molar-refractivity contribution in [2.45, 2.75) is 18.9 Å². The molecule has 0 aliphatic heterocycles. The molecule has 4 nitrogen and oxygen atoms in total. The summed E-state index contributed by atoms with van der Waals surface area (Å²) in [5.74, 6) is -0.893. The third-order valence-corrected chi connectivity index (χ3v) is 2.70. The number of aromatic nitrogens is 2. The van der Waals surface area contributed by atoms with E-state index in [4.69, 9.17) is 5.11 Å². The molecule has 1 N–H and O–H groups in total. The van der Waals surface area contributed by atoms with Crippen LogP contribution in [0.5, 0.6) is 0 Å². The van der Waals surface area contributed by atoms with Gasteiger partial charge in [-0.2, -0.15) is 5.10 Å². The Bertz CT molecular complexity index is 541. The summed E-state index contributed by atoms with van der Waals surface area (Å²) in [7, 11) is 0. The molecule has 0 unspecified atom stereocenters. The molecule has 0 spiro atoms. The summed E-state index contributed by atoms with van der Waals surface area (Å²) in [6.07, 6.45) is 2.07. The molecule has 2 aromatic rings. The van der Waals surface area contributed by atoms with Crippen LogP contribution in [-0.4, -0.2) is 20.9 Å². The van der Waals surface area contributed by atoms with Crippen LogP contribution in [-0.2, 0) is 0 Å². The predicted octanol–water partition coefficient (Wildman–Crippen LogP) is 2.07. The number of aromatic carboxylic acids is 1. The van der Waals surface area contributed by atoms with Gasteiger partial charge in [0.1, 0.15) is 0 Å². The number of rotatable bonds is 2. The first kappa shape index (κ1) is 8.47. The van der Waals surface area contributed by atoms with Crippen molar-refractivity contribution in [2.24, 2.45) is 0 Å². The lowest BCUT2D eigenvalue weighted by atomic mass is 10.2. The highest BCUT2D eigenvalue weighted by molar-refractivity contribution is 6.01. The number of benzene rings is 1. The molecule has 1 aromatic heterocycles. The Kier molecular flexibility index (Phi) is 1.59. The average Bonchev–Trinajstić information content (AvgIpc) is 2.98. The van der Waals surface area contributed by atoms with Gasteiger partial charge in [-0.25, -0.2) is 4.79 Å². The Labute approximate surface area is 86.1 Å². The number of carboxylic acid groups (broad SMARTS) is 1. The zero-order valence-electron chi connectivity index (χ0n) is 8.05. The molecule has 0 bridgehead atoms. The van der Waals surface area contributed by atoms with Crippen molar-refractivity contribution >= 4 is 16.9 Å². The number of carbonyl (C=O) groups is 1. The van der Waals surface area contributed by atoms with Gasteiger partial charge in [-0.15, -0.1) is 0 Å². The fourth-order valence-corrected chi connectivity index (χ4v) is 1.85. The molecule has 76 valence electrons. The van der Waals surface area contributed by atoms with Gasteiger partial charge in [0.15, 0.2) is 5.69 Å². The van der Waals surface area contributed by atoms with Gasteiger partial charge < -0.3 is 5.11 Å². The minimum Gasteiger partial charge on any atom is -0.477 e. The highest BCUT2D eigenvalue weighted by atomic mass is 16.4. The topological polar surface area (TPSA) is 55.1 Å². The highest BCUT2D eigenvalue weighted by Gasteiger charge is 2.30. The van der Waals surface area contributed by atoms with Gasteiger partial charge in [0, 0.05) is 5.39 Å². The molecule has 1 heterocycles. The van der Waals surface area contributed by atoms with E-state index in [1.807, 2.05) is 24.3 Å². The van der Waals surface area contributed by atoms with Gasteiger partial charge in [0.05, 0.1) is 11.6 Å². The second kappa shape index (κ2) is 2.82. The van der Waals surface area contributed by atoms with E-state index in [-0.39, 0.29) is 0 Å². The highest BCUT2D eigenvalue weighted by Crippen LogP contribution is 2.37. The van der Waals surface area contributed by atoms with E-state index < -0.39 is 5.97 Å². The van der Waals surface area contributed by atoms with Crippen molar-refractivity contribution in [2.75, 3.05) is 0 Å². The first-order valence-electron chi connectivity index (χ1n) is 4.98. The Morgan fingerprint density at radius 3 is 2.80 bits per heavy atom. The van der Waals surface area contributed by atoms with Crippen LogP contribution in [0, 0.1) is 0 Å². The average molecular weight is 202 g/mol. The van der Waals surface area contributed by atoms with E-state index in [2.05, 4.69) is 5.10 Å². The van der Waals surface area contributed by atoms with E-state index >= 15 is 0 Å². The van der Waals surface area contributed by atoms with Crippen LogP contribution < -0.4 is 0 Å². The van der Waals surface area contributed by atoms with Crippen molar-refractivity contribution in [1.82, 2.24) is 9.78 Å². The van der Waals surface area contributed by atoms with E-state index in [1.54, 1.807) is 4.68 Å². The van der Waals surface area contributed by atoms with Crippen LogP contribution in [0.25, 0.3) is 10.9 Å². The van der Waals surface area contributed by atoms with Gasteiger partial charge in [0.2, 0.25) is 0 Å². The maximum absolute atomic E-state index is 11.2. The third-order valence-electron chi connectivity index (χ3n) is 2.70. The molecular weight excluding hydrogens is 192 g/mol. The number of hydrogen-bond donors (Lipinski definition) is 1. The van der Waals surface area contributed by atoms with Gasteiger partial charge in [0.25, 0.3) is 0 Å². The zero-order chi connectivity index (χ0) is 10.4. The maximum Gasteiger partial charge on any atom is 0.354 e.